The van der Waals surface area contributed by atoms with Crippen LogP contribution in [-0.2, 0) is 22.5 Å². The molecule has 3 aromatic rings. The second kappa shape index (κ2) is 14.7. The first-order valence-corrected chi connectivity index (χ1v) is 19.1. The molecule has 0 bridgehead atoms. The highest BCUT2D eigenvalue weighted by molar-refractivity contribution is 6.36. The number of benzene rings is 2. The molecular weight excluding hydrogens is 650 g/mol. The number of anilines is 2. The molecular formula is C39H50ClN7O3. The summed E-state index contributed by atoms with van der Waals surface area (Å²) in [5, 5.41) is 2.98. The van der Waals surface area contributed by atoms with Gasteiger partial charge in [0.15, 0.2) is 0 Å². The fourth-order valence-corrected chi connectivity index (χ4v) is 9.24. The standard InChI is InChI=1S/C39H50ClN7O3/c1-2-30-27-49-25-24-43(30)16-5-12-35(48)44-20-22-45(23-21-44)37-31-13-19-46(34-11-4-9-29-8-3-10-32(40)36(29)34)26-33(31)41-38(42-37)50-28-39-14-6-17-47(39)18-7-15-39/h3-5,8-12,30H,2,6-7,13-28H2,1H3/b12-5+/t30-/m1/s1. The number of hydrogen-bond acceptors (Lipinski definition) is 9. The van der Waals surface area contributed by atoms with Crippen molar-refractivity contribution in [3.05, 3.63) is 64.8 Å². The summed E-state index contributed by atoms with van der Waals surface area (Å²) in [6, 6.07) is 13.4. The van der Waals surface area contributed by atoms with Crippen LogP contribution in [0.15, 0.2) is 48.6 Å². The van der Waals surface area contributed by atoms with Crippen molar-refractivity contribution in [2.24, 2.45) is 0 Å². The normalized spacial score (nSPS) is 22.8. The quantitative estimate of drug-likeness (QED) is 0.281. The summed E-state index contributed by atoms with van der Waals surface area (Å²) in [7, 11) is 0. The Morgan fingerprint density at radius 1 is 1.00 bits per heavy atom. The monoisotopic (exact) mass is 699 g/mol. The van der Waals surface area contributed by atoms with Gasteiger partial charge in [0.05, 0.1) is 36.0 Å². The number of carbonyl (C=O) groups is 1. The number of aromatic nitrogens is 2. The zero-order chi connectivity index (χ0) is 34.1. The molecule has 1 amide bonds. The van der Waals surface area contributed by atoms with Crippen LogP contribution in [0.4, 0.5) is 11.5 Å². The summed E-state index contributed by atoms with van der Waals surface area (Å²) in [6.45, 7) is 12.6. The lowest BCUT2D eigenvalue weighted by atomic mass is 9.95. The van der Waals surface area contributed by atoms with Crippen LogP contribution in [0.25, 0.3) is 10.8 Å². The Morgan fingerprint density at radius 3 is 2.60 bits per heavy atom. The first-order valence-electron chi connectivity index (χ1n) is 18.7. The van der Waals surface area contributed by atoms with Gasteiger partial charge in [0.2, 0.25) is 5.91 Å². The van der Waals surface area contributed by atoms with E-state index in [2.05, 4.69) is 50.8 Å². The topological polar surface area (TPSA) is 77.5 Å². The van der Waals surface area contributed by atoms with Gasteiger partial charge in [-0.25, -0.2) is 0 Å². The molecule has 1 aromatic heterocycles. The summed E-state index contributed by atoms with van der Waals surface area (Å²) in [6.07, 6.45) is 10.5. The molecule has 0 spiro atoms. The Hall–Kier alpha value is -3.44. The minimum absolute atomic E-state index is 0.0843. The first-order chi connectivity index (χ1) is 24.5. The second-order valence-electron chi connectivity index (χ2n) is 14.6. The zero-order valence-electron chi connectivity index (χ0n) is 29.4. The second-order valence-corrected chi connectivity index (χ2v) is 15.0. The predicted octanol–water partition coefficient (Wildman–Crippen LogP) is 5.17. The molecule has 0 unspecified atom stereocenters. The molecule has 5 aliphatic rings. The van der Waals surface area contributed by atoms with Gasteiger partial charge in [-0.2, -0.15) is 9.97 Å². The van der Waals surface area contributed by atoms with E-state index in [9.17, 15) is 4.79 Å². The van der Waals surface area contributed by atoms with Crippen LogP contribution in [0, 0.1) is 0 Å². The van der Waals surface area contributed by atoms with E-state index in [1.165, 1.54) is 31.2 Å². The molecule has 6 heterocycles. The largest absolute Gasteiger partial charge is 0.461 e. The fraction of sp³-hybridized carbons (Fsp3) is 0.564. The molecule has 11 heteroatoms. The van der Waals surface area contributed by atoms with E-state index in [0.29, 0.717) is 38.3 Å². The SMILES string of the molecule is CC[C@@H]1COCCN1C/C=C/C(=O)N1CCN(c2nc(OCC34CCCN3CCC4)nc3c2CCN(c2cccc4cccc(Cl)c24)C3)CC1. The van der Waals surface area contributed by atoms with Crippen molar-refractivity contribution in [1.29, 1.82) is 0 Å². The smallest absolute Gasteiger partial charge is 0.318 e. The Bertz CT molecular complexity index is 1710. The molecule has 0 aliphatic carbocycles. The van der Waals surface area contributed by atoms with Crippen molar-refractivity contribution in [3.8, 4) is 6.01 Å². The lowest BCUT2D eigenvalue weighted by Crippen LogP contribution is -2.49. The summed E-state index contributed by atoms with van der Waals surface area (Å²) < 4.78 is 12.2. The lowest BCUT2D eigenvalue weighted by molar-refractivity contribution is -0.126. The van der Waals surface area contributed by atoms with E-state index in [-0.39, 0.29) is 11.4 Å². The molecule has 4 saturated heterocycles. The van der Waals surface area contributed by atoms with Crippen molar-refractivity contribution in [3.63, 3.8) is 0 Å². The van der Waals surface area contributed by atoms with E-state index >= 15 is 0 Å². The number of rotatable bonds is 9. The van der Waals surface area contributed by atoms with E-state index in [4.69, 9.17) is 31.0 Å². The molecule has 10 nitrogen and oxygen atoms in total. The summed E-state index contributed by atoms with van der Waals surface area (Å²) in [5.41, 5.74) is 3.45. The van der Waals surface area contributed by atoms with Crippen LogP contribution >= 0.6 is 11.6 Å². The van der Waals surface area contributed by atoms with Gasteiger partial charge in [-0.15, -0.1) is 0 Å². The molecule has 0 saturated carbocycles. The van der Waals surface area contributed by atoms with E-state index in [0.717, 1.165) is 105 Å². The highest BCUT2D eigenvalue weighted by atomic mass is 35.5. The van der Waals surface area contributed by atoms with Crippen LogP contribution in [-0.4, -0.2) is 121 Å². The number of ether oxygens (including phenoxy) is 2. The van der Waals surface area contributed by atoms with Gasteiger partial charge in [-0.05, 0) is 69.1 Å². The maximum atomic E-state index is 13.2. The van der Waals surface area contributed by atoms with Gasteiger partial charge in [0.25, 0.3) is 0 Å². The molecule has 2 aromatic carbocycles. The van der Waals surface area contributed by atoms with E-state index < -0.39 is 0 Å². The van der Waals surface area contributed by atoms with Gasteiger partial charge in [-0.1, -0.05) is 48.9 Å². The van der Waals surface area contributed by atoms with Gasteiger partial charge < -0.3 is 24.2 Å². The Labute approximate surface area is 301 Å². The number of piperazine rings is 1. The Balaban J connectivity index is 1.00. The summed E-state index contributed by atoms with van der Waals surface area (Å²) >= 11 is 6.77. The van der Waals surface area contributed by atoms with Crippen molar-refractivity contribution >= 4 is 39.8 Å². The van der Waals surface area contributed by atoms with Crippen LogP contribution in [0.3, 0.4) is 0 Å². The fourth-order valence-electron chi connectivity index (χ4n) is 8.96. The summed E-state index contributed by atoms with van der Waals surface area (Å²) in [4.78, 5) is 35.2. The average molecular weight is 700 g/mol. The van der Waals surface area contributed by atoms with Crippen LogP contribution in [0.1, 0.15) is 50.3 Å². The number of carbonyl (C=O) groups excluding carboxylic acids is 1. The highest BCUT2D eigenvalue weighted by Gasteiger charge is 2.45. The number of fused-ring (bicyclic) bond motifs is 3. The molecule has 8 rings (SSSR count). The molecule has 1 atom stereocenters. The third kappa shape index (κ3) is 6.67. The highest BCUT2D eigenvalue weighted by Crippen LogP contribution is 2.40. The molecule has 5 aliphatic heterocycles. The third-order valence-corrected chi connectivity index (χ3v) is 12.1. The molecule has 0 N–H and O–H groups in total. The van der Waals surface area contributed by atoms with Crippen LogP contribution in [0.2, 0.25) is 5.02 Å². The average Bonchev–Trinajstić information content (AvgIpc) is 3.74. The number of morpholine rings is 1. The van der Waals surface area contributed by atoms with Gasteiger partial charge in [-0.3, -0.25) is 14.6 Å². The maximum Gasteiger partial charge on any atom is 0.318 e. The molecule has 50 heavy (non-hydrogen) atoms. The number of hydrogen-bond donors (Lipinski definition) is 0. The van der Waals surface area contributed by atoms with Crippen molar-refractivity contribution < 1.29 is 14.3 Å². The van der Waals surface area contributed by atoms with E-state index in [1.54, 1.807) is 6.08 Å². The summed E-state index contributed by atoms with van der Waals surface area (Å²) in [5.74, 6) is 1.05. The number of halogens is 1. The predicted molar refractivity (Wildman–Crippen MR) is 198 cm³/mol. The van der Waals surface area contributed by atoms with Gasteiger partial charge in [0.1, 0.15) is 12.4 Å². The molecule has 0 radical (unpaired) electrons. The third-order valence-electron chi connectivity index (χ3n) is 11.8. The van der Waals surface area contributed by atoms with E-state index in [1.807, 2.05) is 23.1 Å². The Morgan fingerprint density at radius 2 is 1.80 bits per heavy atom. The van der Waals surface area contributed by atoms with Gasteiger partial charge in [0, 0.05) is 74.6 Å². The van der Waals surface area contributed by atoms with Gasteiger partial charge >= 0.3 is 6.01 Å². The molecule has 4 fully saturated rings. The van der Waals surface area contributed by atoms with Crippen molar-refractivity contribution in [2.75, 3.05) is 88.5 Å². The maximum absolute atomic E-state index is 13.2. The van der Waals surface area contributed by atoms with Crippen molar-refractivity contribution in [1.82, 2.24) is 24.7 Å². The number of nitrogens with zero attached hydrogens (tertiary/aromatic N) is 7. The number of amides is 1. The van der Waals surface area contributed by atoms with Crippen LogP contribution in [0.5, 0.6) is 6.01 Å². The molecule has 266 valence electrons. The van der Waals surface area contributed by atoms with Crippen LogP contribution < -0.4 is 14.5 Å². The minimum Gasteiger partial charge on any atom is -0.461 e. The lowest BCUT2D eigenvalue weighted by Gasteiger charge is -2.38. The minimum atomic E-state index is 0.0843. The van der Waals surface area contributed by atoms with Crippen molar-refractivity contribution in [2.45, 2.75) is 63.6 Å². The first kappa shape index (κ1) is 33.7. The zero-order valence-corrected chi connectivity index (χ0v) is 30.1. The Kier molecular flexibility index (Phi) is 9.88.